The first-order chi connectivity index (χ1) is 5.84. The van der Waals surface area contributed by atoms with E-state index >= 15 is 0 Å². The molecule has 0 aliphatic carbocycles. The number of hydrogen-bond acceptors (Lipinski definition) is 1. The molecule has 2 heteroatoms. The Bertz CT molecular complexity index is 168. The molecule has 0 atom stereocenters. The van der Waals surface area contributed by atoms with Crippen LogP contribution in [0.4, 0.5) is 0 Å². The number of nitrogens with zero attached hydrogens (tertiary/aromatic N) is 2. The first kappa shape index (κ1) is 13.8. The van der Waals surface area contributed by atoms with Crippen molar-refractivity contribution < 1.29 is 0 Å². The largest absolute Gasteiger partial charge is 0.273 e. The number of rotatable bonds is 1. The van der Waals surface area contributed by atoms with E-state index in [4.69, 9.17) is 0 Å². The van der Waals surface area contributed by atoms with Crippen molar-refractivity contribution in [3.05, 3.63) is 18.0 Å². The van der Waals surface area contributed by atoms with Gasteiger partial charge in [-0.3, -0.25) is 4.68 Å². The Morgan fingerprint density at radius 1 is 1.25 bits per heavy atom. The molecule has 1 aromatic rings. The molecule has 0 amide bonds. The quantitative estimate of drug-likeness (QED) is 0.633. The Morgan fingerprint density at radius 3 is 1.92 bits per heavy atom. The molecule has 0 aliphatic heterocycles. The lowest BCUT2D eigenvalue weighted by Gasteiger charge is -1.92. The van der Waals surface area contributed by atoms with Gasteiger partial charge in [0.25, 0.3) is 0 Å². The monoisotopic (exact) mass is 170 g/mol. The molecular weight excluding hydrogens is 148 g/mol. The van der Waals surface area contributed by atoms with Crippen molar-refractivity contribution >= 4 is 0 Å². The summed E-state index contributed by atoms with van der Waals surface area (Å²) in [5.74, 6) is 0. The molecule has 0 saturated heterocycles. The smallest absolute Gasteiger partial charge is 0.0492 e. The van der Waals surface area contributed by atoms with Gasteiger partial charge in [0.1, 0.15) is 0 Å². The summed E-state index contributed by atoms with van der Waals surface area (Å²) in [6.45, 7) is 10.1. The second-order valence-corrected chi connectivity index (χ2v) is 1.80. The van der Waals surface area contributed by atoms with Crippen LogP contribution < -0.4 is 0 Å². The van der Waals surface area contributed by atoms with Gasteiger partial charge in [-0.25, -0.2) is 0 Å². The van der Waals surface area contributed by atoms with Crippen molar-refractivity contribution in [2.24, 2.45) is 7.05 Å². The van der Waals surface area contributed by atoms with Crippen LogP contribution in [0.3, 0.4) is 0 Å². The maximum absolute atomic E-state index is 4.00. The highest BCUT2D eigenvalue weighted by molar-refractivity contribution is 4.98. The molecule has 0 aromatic carbocycles. The van der Waals surface area contributed by atoms with Gasteiger partial charge in [0.05, 0.1) is 0 Å². The molecule has 1 rings (SSSR count). The van der Waals surface area contributed by atoms with Crippen LogP contribution in [0.1, 0.15) is 40.3 Å². The van der Waals surface area contributed by atoms with Crippen LogP contribution in [-0.2, 0) is 13.5 Å². The fraction of sp³-hybridized carbons (Fsp3) is 0.700. The van der Waals surface area contributed by atoms with E-state index < -0.39 is 0 Å². The number of aryl methyl sites for hydroxylation is 2. The molecule has 2 nitrogen and oxygen atoms in total. The van der Waals surface area contributed by atoms with Gasteiger partial charge in [-0.15, -0.1) is 0 Å². The third-order valence-electron chi connectivity index (χ3n) is 1.28. The highest BCUT2D eigenvalue weighted by Crippen LogP contribution is 1.94. The van der Waals surface area contributed by atoms with Gasteiger partial charge in [0.2, 0.25) is 0 Å². The lowest BCUT2D eigenvalue weighted by molar-refractivity contribution is 0.718. The Kier molecular flexibility index (Phi) is 11.7. The van der Waals surface area contributed by atoms with Gasteiger partial charge < -0.3 is 0 Å². The standard InChI is InChI=1S/C6H10N2.2C2H6/c1-3-6-4-5-7-8(6)2;2*1-2/h4-5H,3H2,1-2H3;2*1-2H3. The summed E-state index contributed by atoms with van der Waals surface area (Å²) in [6, 6.07) is 2.03. The molecule has 0 fully saturated rings. The van der Waals surface area contributed by atoms with Gasteiger partial charge in [0, 0.05) is 18.9 Å². The minimum absolute atomic E-state index is 1.07. The Morgan fingerprint density at radius 2 is 1.75 bits per heavy atom. The molecule has 1 aromatic heterocycles. The average molecular weight is 170 g/mol. The normalized spacial score (nSPS) is 7.50. The second kappa shape index (κ2) is 10.2. The van der Waals surface area contributed by atoms with Crippen molar-refractivity contribution in [3.63, 3.8) is 0 Å². The van der Waals surface area contributed by atoms with E-state index in [2.05, 4.69) is 12.0 Å². The molecule has 0 aliphatic rings. The zero-order valence-corrected chi connectivity index (χ0v) is 9.26. The van der Waals surface area contributed by atoms with Gasteiger partial charge in [-0.2, -0.15) is 5.10 Å². The second-order valence-electron chi connectivity index (χ2n) is 1.80. The maximum Gasteiger partial charge on any atom is 0.0492 e. The molecule has 12 heavy (non-hydrogen) atoms. The average Bonchev–Trinajstić information content (AvgIpc) is 2.58. The summed E-state index contributed by atoms with van der Waals surface area (Å²) in [5, 5.41) is 4.00. The lowest BCUT2D eigenvalue weighted by Crippen LogP contribution is -1.94. The Labute approximate surface area is 76.6 Å². The third-order valence-corrected chi connectivity index (χ3v) is 1.28. The van der Waals surface area contributed by atoms with Crippen molar-refractivity contribution in [2.75, 3.05) is 0 Å². The van der Waals surface area contributed by atoms with Gasteiger partial charge in [-0.05, 0) is 12.5 Å². The highest BCUT2D eigenvalue weighted by atomic mass is 15.2. The van der Waals surface area contributed by atoms with E-state index in [1.807, 2.05) is 51.7 Å². The molecule has 0 spiro atoms. The third kappa shape index (κ3) is 4.94. The fourth-order valence-corrected chi connectivity index (χ4v) is 0.748. The summed E-state index contributed by atoms with van der Waals surface area (Å²) in [7, 11) is 1.96. The van der Waals surface area contributed by atoms with E-state index in [1.54, 1.807) is 0 Å². The topological polar surface area (TPSA) is 17.8 Å². The van der Waals surface area contributed by atoms with Crippen LogP contribution in [0.5, 0.6) is 0 Å². The summed E-state index contributed by atoms with van der Waals surface area (Å²) in [5.41, 5.74) is 1.28. The predicted octanol–water partition coefficient (Wildman–Crippen LogP) is 3.03. The van der Waals surface area contributed by atoms with Crippen molar-refractivity contribution in [2.45, 2.75) is 41.0 Å². The van der Waals surface area contributed by atoms with Crippen LogP contribution in [0.25, 0.3) is 0 Å². The highest BCUT2D eigenvalue weighted by Gasteiger charge is 1.90. The van der Waals surface area contributed by atoms with E-state index in [0.717, 1.165) is 6.42 Å². The molecule has 0 bridgehead atoms. The van der Waals surface area contributed by atoms with Crippen LogP contribution >= 0.6 is 0 Å². The fourth-order valence-electron chi connectivity index (χ4n) is 0.748. The van der Waals surface area contributed by atoms with Gasteiger partial charge in [-0.1, -0.05) is 34.6 Å². The minimum Gasteiger partial charge on any atom is -0.273 e. The van der Waals surface area contributed by atoms with Gasteiger partial charge >= 0.3 is 0 Å². The Balaban J connectivity index is 0. The molecule has 0 saturated carbocycles. The van der Waals surface area contributed by atoms with Gasteiger partial charge in [0.15, 0.2) is 0 Å². The van der Waals surface area contributed by atoms with Crippen molar-refractivity contribution in [3.8, 4) is 0 Å². The van der Waals surface area contributed by atoms with Crippen LogP contribution in [-0.4, -0.2) is 9.78 Å². The van der Waals surface area contributed by atoms with Crippen LogP contribution in [0.2, 0.25) is 0 Å². The lowest BCUT2D eigenvalue weighted by atomic mass is 10.3. The summed E-state index contributed by atoms with van der Waals surface area (Å²) < 4.78 is 1.89. The zero-order chi connectivity index (χ0) is 9.98. The zero-order valence-electron chi connectivity index (χ0n) is 9.26. The first-order valence-electron chi connectivity index (χ1n) is 4.81. The number of hydrogen-bond donors (Lipinski definition) is 0. The molecular formula is C10H22N2. The molecule has 0 unspecified atom stereocenters. The van der Waals surface area contributed by atoms with Crippen LogP contribution in [0, 0.1) is 0 Å². The van der Waals surface area contributed by atoms with E-state index in [9.17, 15) is 0 Å². The predicted molar refractivity (Wildman–Crippen MR) is 55.3 cm³/mol. The summed E-state index contributed by atoms with van der Waals surface area (Å²) >= 11 is 0. The molecule has 0 radical (unpaired) electrons. The van der Waals surface area contributed by atoms with E-state index in [0.29, 0.717) is 0 Å². The van der Waals surface area contributed by atoms with Crippen molar-refractivity contribution in [1.29, 1.82) is 0 Å². The first-order valence-corrected chi connectivity index (χ1v) is 4.81. The van der Waals surface area contributed by atoms with Crippen molar-refractivity contribution in [1.82, 2.24) is 9.78 Å². The van der Waals surface area contributed by atoms with E-state index in [-0.39, 0.29) is 0 Å². The molecule has 1 heterocycles. The molecule has 72 valence electrons. The Hall–Kier alpha value is -0.790. The van der Waals surface area contributed by atoms with E-state index in [1.165, 1.54) is 5.69 Å². The summed E-state index contributed by atoms with van der Waals surface area (Å²) in [4.78, 5) is 0. The SMILES string of the molecule is CC.CC.CCc1ccnn1C. The molecule has 0 N–H and O–H groups in total. The number of aromatic nitrogens is 2. The summed E-state index contributed by atoms with van der Waals surface area (Å²) in [6.07, 6.45) is 2.88. The maximum atomic E-state index is 4.00. The minimum atomic E-state index is 1.07. The van der Waals surface area contributed by atoms with Crippen LogP contribution in [0.15, 0.2) is 12.3 Å².